The Bertz CT molecular complexity index is 200. The highest BCUT2D eigenvalue weighted by Gasteiger charge is 2.17. The molecule has 0 unspecified atom stereocenters. The summed E-state index contributed by atoms with van der Waals surface area (Å²) in [5, 5.41) is 2.96. The van der Waals surface area contributed by atoms with Crippen molar-refractivity contribution in [1.29, 1.82) is 0 Å². The average molecular weight is 226 g/mol. The first-order valence-corrected chi connectivity index (χ1v) is 6.73. The molecule has 0 heterocycles. The molecule has 1 saturated carbocycles. The van der Waals surface area contributed by atoms with Crippen LogP contribution in [0.2, 0.25) is 0 Å². The van der Waals surface area contributed by atoms with Gasteiger partial charge in [0.2, 0.25) is 0 Å². The van der Waals surface area contributed by atoms with Crippen molar-refractivity contribution < 1.29 is 4.79 Å². The zero-order valence-corrected chi connectivity index (χ0v) is 10.8. The minimum absolute atomic E-state index is 0.0963. The van der Waals surface area contributed by atoms with Gasteiger partial charge >= 0.3 is 6.03 Å². The lowest BCUT2D eigenvalue weighted by atomic mass is 9.89. The van der Waals surface area contributed by atoms with Gasteiger partial charge in [0, 0.05) is 20.1 Å². The van der Waals surface area contributed by atoms with E-state index in [4.69, 9.17) is 0 Å². The topological polar surface area (TPSA) is 32.3 Å². The third kappa shape index (κ3) is 4.86. The van der Waals surface area contributed by atoms with Crippen LogP contribution in [-0.4, -0.2) is 31.1 Å². The van der Waals surface area contributed by atoms with E-state index in [1.165, 1.54) is 32.1 Å². The number of carbonyl (C=O) groups excluding carboxylic acids is 1. The molecule has 0 aromatic carbocycles. The molecule has 16 heavy (non-hydrogen) atoms. The zero-order chi connectivity index (χ0) is 11.8. The van der Waals surface area contributed by atoms with Crippen molar-refractivity contribution in [2.75, 3.05) is 20.1 Å². The van der Waals surface area contributed by atoms with Gasteiger partial charge < -0.3 is 10.2 Å². The summed E-state index contributed by atoms with van der Waals surface area (Å²) in [4.78, 5) is 13.6. The molecule has 0 aliphatic heterocycles. The second-order valence-electron chi connectivity index (χ2n) is 4.97. The van der Waals surface area contributed by atoms with Crippen LogP contribution in [0.1, 0.15) is 51.9 Å². The SMILES string of the molecule is CCCCNC(=O)N(C)CC1CCCCC1. The molecule has 2 amide bonds. The first kappa shape index (κ1) is 13.3. The number of hydrogen-bond donors (Lipinski definition) is 1. The van der Waals surface area contributed by atoms with Crippen LogP contribution in [0.5, 0.6) is 0 Å². The van der Waals surface area contributed by atoms with Gasteiger partial charge in [0.15, 0.2) is 0 Å². The van der Waals surface area contributed by atoms with Crippen LogP contribution in [0.15, 0.2) is 0 Å². The molecule has 0 radical (unpaired) electrons. The first-order valence-electron chi connectivity index (χ1n) is 6.73. The molecule has 0 spiro atoms. The maximum Gasteiger partial charge on any atom is 0.317 e. The first-order chi connectivity index (χ1) is 7.74. The number of carbonyl (C=O) groups is 1. The summed E-state index contributed by atoms with van der Waals surface area (Å²) in [5.41, 5.74) is 0. The molecule has 3 heteroatoms. The summed E-state index contributed by atoms with van der Waals surface area (Å²) in [6, 6.07) is 0.0963. The number of urea groups is 1. The van der Waals surface area contributed by atoms with Crippen molar-refractivity contribution >= 4 is 6.03 Å². The van der Waals surface area contributed by atoms with Crippen molar-refractivity contribution in [2.24, 2.45) is 5.92 Å². The van der Waals surface area contributed by atoms with Gasteiger partial charge in [0.1, 0.15) is 0 Å². The number of hydrogen-bond acceptors (Lipinski definition) is 1. The normalized spacial score (nSPS) is 17.1. The largest absolute Gasteiger partial charge is 0.338 e. The molecule has 0 atom stereocenters. The number of unbranched alkanes of at least 4 members (excludes halogenated alkanes) is 1. The van der Waals surface area contributed by atoms with E-state index in [0.717, 1.165) is 31.8 Å². The Morgan fingerprint density at radius 1 is 1.31 bits per heavy atom. The smallest absolute Gasteiger partial charge is 0.317 e. The Morgan fingerprint density at radius 3 is 2.62 bits per heavy atom. The van der Waals surface area contributed by atoms with Crippen LogP contribution in [-0.2, 0) is 0 Å². The van der Waals surface area contributed by atoms with Crippen molar-refractivity contribution in [1.82, 2.24) is 10.2 Å². The monoisotopic (exact) mass is 226 g/mol. The average Bonchev–Trinajstić information content (AvgIpc) is 2.30. The number of amides is 2. The molecular weight excluding hydrogens is 200 g/mol. The highest BCUT2D eigenvalue weighted by atomic mass is 16.2. The van der Waals surface area contributed by atoms with Crippen LogP contribution >= 0.6 is 0 Å². The highest BCUT2D eigenvalue weighted by Crippen LogP contribution is 2.23. The number of nitrogens with zero attached hydrogens (tertiary/aromatic N) is 1. The Labute approximate surface area is 99.6 Å². The van der Waals surface area contributed by atoms with Gasteiger partial charge in [0.25, 0.3) is 0 Å². The summed E-state index contributed by atoms with van der Waals surface area (Å²) >= 11 is 0. The Morgan fingerprint density at radius 2 is 2.00 bits per heavy atom. The summed E-state index contributed by atoms with van der Waals surface area (Å²) in [6.07, 6.45) is 8.86. The van der Waals surface area contributed by atoms with E-state index in [1.807, 2.05) is 11.9 Å². The van der Waals surface area contributed by atoms with E-state index in [1.54, 1.807) is 0 Å². The summed E-state index contributed by atoms with van der Waals surface area (Å²) in [7, 11) is 1.91. The van der Waals surface area contributed by atoms with Gasteiger partial charge in [-0.15, -0.1) is 0 Å². The van der Waals surface area contributed by atoms with Crippen LogP contribution in [0, 0.1) is 5.92 Å². The standard InChI is InChI=1S/C13H26N2O/c1-3-4-10-14-13(16)15(2)11-12-8-6-5-7-9-12/h12H,3-11H2,1-2H3,(H,14,16). The predicted octanol–water partition coefficient (Wildman–Crippen LogP) is 3.01. The fraction of sp³-hybridized carbons (Fsp3) is 0.923. The van der Waals surface area contributed by atoms with Crippen molar-refractivity contribution in [3.8, 4) is 0 Å². The third-order valence-electron chi connectivity index (χ3n) is 3.41. The van der Waals surface area contributed by atoms with Crippen LogP contribution < -0.4 is 5.32 Å². The maximum absolute atomic E-state index is 11.7. The van der Waals surface area contributed by atoms with E-state index in [-0.39, 0.29) is 6.03 Å². The second-order valence-corrected chi connectivity index (χ2v) is 4.97. The fourth-order valence-corrected chi connectivity index (χ4v) is 2.35. The van der Waals surface area contributed by atoms with Gasteiger partial charge in [0.05, 0.1) is 0 Å². The molecule has 1 aliphatic carbocycles. The summed E-state index contributed by atoms with van der Waals surface area (Å²) in [5.74, 6) is 0.732. The number of nitrogens with one attached hydrogen (secondary N) is 1. The molecule has 94 valence electrons. The zero-order valence-electron chi connectivity index (χ0n) is 10.8. The molecule has 1 fully saturated rings. The lowest BCUT2D eigenvalue weighted by Crippen LogP contribution is -2.40. The quantitative estimate of drug-likeness (QED) is 0.718. The van der Waals surface area contributed by atoms with Gasteiger partial charge in [-0.1, -0.05) is 32.6 Å². The molecule has 0 aromatic rings. The van der Waals surface area contributed by atoms with Gasteiger partial charge in [-0.05, 0) is 25.2 Å². The molecular formula is C13H26N2O. The summed E-state index contributed by atoms with van der Waals surface area (Å²) < 4.78 is 0. The summed E-state index contributed by atoms with van der Waals surface area (Å²) in [6.45, 7) is 3.88. The third-order valence-corrected chi connectivity index (χ3v) is 3.41. The van der Waals surface area contributed by atoms with Crippen LogP contribution in [0.25, 0.3) is 0 Å². The lowest BCUT2D eigenvalue weighted by Gasteiger charge is -2.27. The second kappa shape index (κ2) is 7.53. The van der Waals surface area contributed by atoms with E-state index < -0.39 is 0 Å². The van der Waals surface area contributed by atoms with Crippen LogP contribution in [0.4, 0.5) is 4.79 Å². The maximum atomic E-state index is 11.7. The highest BCUT2D eigenvalue weighted by molar-refractivity contribution is 5.73. The van der Waals surface area contributed by atoms with Gasteiger partial charge in [-0.25, -0.2) is 4.79 Å². The minimum atomic E-state index is 0.0963. The van der Waals surface area contributed by atoms with Crippen molar-refractivity contribution in [3.63, 3.8) is 0 Å². The Kier molecular flexibility index (Phi) is 6.27. The van der Waals surface area contributed by atoms with Crippen molar-refractivity contribution in [2.45, 2.75) is 51.9 Å². The molecule has 1 rings (SSSR count). The van der Waals surface area contributed by atoms with E-state index in [0.29, 0.717) is 0 Å². The van der Waals surface area contributed by atoms with E-state index in [9.17, 15) is 4.79 Å². The lowest BCUT2D eigenvalue weighted by molar-refractivity contribution is 0.192. The molecule has 0 aromatic heterocycles. The molecule has 0 saturated heterocycles. The molecule has 1 N–H and O–H groups in total. The minimum Gasteiger partial charge on any atom is -0.338 e. The van der Waals surface area contributed by atoms with Gasteiger partial charge in [-0.3, -0.25) is 0 Å². The van der Waals surface area contributed by atoms with Crippen LogP contribution in [0.3, 0.4) is 0 Å². The fourth-order valence-electron chi connectivity index (χ4n) is 2.35. The van der Waals surface area contributed by atoms with Crippen molar-refractivity contribution in [3.05, 3.63) is 0 Å². The number of rotatable bonds is 5. The van der Waals surface area contributed by atoms with E-state index in [2.05, 4.69) is 12.2 Å². The molecule has 3 nitrogen and oxygen atoms in total. The molecule has 1 aliphatic rings. The predicted molar refractivity (Wildman–Crippen MR) is 67.5 cm³/mol. The molecule has 0 bridgehead atoms. The van der Waals surface area contributed by atoms with Gasteiger partial charge in [-0.2, -0.15) is 0 Å². The Hall–Kier alpha value is -0.730. The van der Waals surface area contributed by atoms with E-state index >= 15 is 0 Å². The Balaban J connectivity index is 2.16.